The Morgan fingerprint density at radius 2 is 2.25 bits per heavy atom. The van der Waals surface area contributed by atoms with E-state index in [2.05, 4.69) is 10.3 Å². The van der Waals surface area contributed by atoms with Gasteiger partial charge in [-0.15, -0.1) is 0 Å². The molecule has 4 nitrogen and oxygen atoms in total. The quantitative estimate of drug-likeness (QED) is 0.790. The standard InChI is InChI=1S/C11H9FN2O2/c1-7-4-5-16-10(7)11(15)14-8-2-3-9(12)13-6-8/h2-6H,1H3,(H,14,15). The van der Waals surface area contributed by atoms with Crippen LogP contribution in [0, 0.1) is 12.9 Å². The molecule has 0 aromatic carbocycles. The van der Waals surface area contributed by atoms with Crippen molar-refractivity contribution in [2.75, 3.05) is 5.32 Å². The predicted octanol–water partition coefficient (Wildman–Crippen LogP) is 2.37. The minimum atomic E-state index is -0.591. The van der Waals surface area contributed by atoms with Gasteiger partial charge in [-0.25, -0.2) is 4.98 Å². The zero-order chi connectivity index (χ0) is 11.5. The number of halogens is 1. The highest BCUT2D eigenvalue weighted by atomic mass is 19.1. The van der Waals surface area contributed by atoms with Crippen LogP contribution in [0.25, 0.3) is 0 Å². The number of carbonyl (C=O) groups excluding carboxylic acids is 1. The molecule has 0 aliphatic heterocycles. The summed E-state index contributed by atoms with van der Waals surface area (Å²) >= 11 is 0. The van der Waals surface area contributed by atoms with E-state index in [9.17, 15) is 9.18 Å². The average Bonchev–Trinajstić information content (AvgIpc) is 2.68. The van der Waals surface area contributed by atoms with Gasteiger partial charge in [-0.1, -0.05) is 0 Å². The topological polar surface area (TPSA) is 55.1 Å². The Kier molecular flexibility index (Phi) is 2.68. The van der Waals surface area contributed by atoms with Gasteiger partial charge in [0.05, 0.1) is 18.1 Å². The molecule has 0 radical (unpaired) electrons. The first-order valence-corrected chi connectivity index (χ1v) is 4.64. The smallest absolute Gasteiger partial charge is 0.291 e. The molecule has 2 rings (SSSR count). The number of aryl methyl sites for hydroxylation is 1. The number of anilines is 1. The molecule has 0 bridgehead atoms. The molecule has 16 heavy (non-hydrogen) atoms. The van der Waals surface area contributed by atoms with Crippen molar-refractivity contribution in [2.45, 2.75) is 6.92 Å². The Morgan fingerprint density at radius 3 is 2.81 bits per heavy atom. The zero-order valence-corrected chi connectivity index (χ0v) is 8.53. The molecule has 82 valence electrons. The van der Waals surface area contributed by atoms with Crippen LogP contribution in [0.2, 0.25) is 0 Å². The molecule has 0 atom stereocenters. The van der Waals surface area contributed by atoms with Crippen LogP contribution >= 0.6 is 0 Å². The van der Waals surface area contributed by atoms with Crippen molar-refractivity contribution in [1.29, 1.82) is 0 Å². The summed E-state index contributed by atoms with van der Waals surface area (Å²) in [6.07, 6.45) is 2.68. The highest BCUT2D eigenvalue weighted by Gasteiger charge is 2.12. The maximum absolute atomic E-state index is 12.5. The second kappa shape index (κ2) is 4.14. The average molecular weight is 220 g/mol. The summed E-state index contributed by atoms with van der Waals surface area (Å²) in [4.78, 5) is 15.1. The maximum atomic E-state index is 12.5. The Balaban J connectivity index is 2.14. The van der Waals surface area contributed by atoms with Crippen LogP contribution in [0.1, 0.15) is 16.1 Å². The highest BCUT2D eigenvalue weighted by Crippen LogP contribution is 2.12. The number of pyridine rings is 1. The van der Waals surface area contributed by atoms with Crippen molar-refractivity contribution in [2.24, 2.45) is 0 Å². The molecular formula is C11H9FN2O2. The molecule has 0 spiro atoms. The van der Waals surface area contributed by atoms with Gasteiger partial charge < -0.3 is 9.73 Å². The summed E-state index contributed by atoms with van der Waals surface area (Å²) < 4.78 is 17.5. The van der Waals surface area contributed by atoms with Gasteiger partial charge in [-0.2, -0.15) is 4.39 Å². The van der Waals surface area contributed by atoms with Gasteiger partial charge >= 0.3 is 0 Å². The summed E-state index contributed by atoms with van der Waals surface area (Å²) in [5, 5.41) is 2.55. The Bertz CT molecular complexity index is 505. The Labute approximate surface area is 91.1 Å². The van der Waals surface area contributed by atoms with Gasteiger partial charge in [-0.05, 0) is 25.1 Å². The second-order valence-electron chi connectivity index (χ2n) is 3.26. The second-order valence-corrected chi connectivity index (χ2v) is 3.26. The van der Waals surface area contributed by atoms with Gasteiger partial charge in [0.15, 0.2) is 5.76 Å². The van der Waals surface area contributed by atoms with Crippen LogP contribution in [0.15, 0.2) is 35.1 Å². The fourth-order valence-electron chi connectivity index (χ4n) is 1.24. The van der Waals surface area contributed by atoms with E-state index in [1.165, 1.54) is 24.6 Å². The monoisotopic (exact) mass is 220 g/mol. The number of amides is 1. The van der Waals surface area contributed by atoms with E-state index in [4.69, 9.17) is 4.42 Å². The van der Waals surface area contributed by atoms with Crippen LogP contribution in [-0.4, -0.2) is 10.9 Å². The van der Waals surface area contributed by atoms with Crippen LogP contribution in [-0.2, 0) is 0 Å². The van der Waals surface area contributed by atoms with Crippen molar-refractivity contribution in [3.8, 4) is 0 Å². The maximum Gasteiger partial charge on any atom is 0.291 e. The lowest BCUT2D eigenvalue weighted by Gasteiger charge is -2.02. The van der Waals surface area contributed by atoms with E-state index in [0.717, 1.165) is 5.56 Å². The van der Waals surface area contributed by atoms with Crippen LogP contribution in [0.5, 0.6) is 0 Å². The molecule has 1 amide bonds. The number of hydrogen-bond acceptors (Lipinski definition) is 3. The Hall–Kier alpha value is -2.17. The van der Waals surface area contributed by atoms with Crippen LogP contribution in [0.4, 0.5) is 10.1 Å². The number of nitrogens with one attached hydrogen (secondary N) is 1. The molecule has 0 aliphatic carbocycles. The molecule has 0 unspecified atom stereocenters. The van der Waals surface area contributed by atoms with Crippen LogP contribution in [0.3, 0.4) is 0 Å². The zero-order valence-electron chi connectivity index (χ0n) is 8.53. The first kappa shape index (κ1) is 10.4. The molecule has 2 aromatic heterocycles. The summed E-state index contributed by atoms with van der Waals surface area (Å²) in [7, 11) is 0. The summed E-state index contributed by atoms with van der Waals surface area (Å²) in [5.74, 6) is -0.729. The van der Waals surface area contributed by atoms with Crippen molar-refractivity contribution in [3.63, 3.8) is 0 Å². The van der Waals surface area contributed by atoms with Gasteiger partial charge in [-0.3, -0.25) is 4.79 Å². The normalized spacial score (nSPS) is 10.1. The molecule has 0 saturated heterocycles. The SMILES string of the molecule is Cc1ccoc1C(=O)Nc1ccc(F)nc1. The van der Waals surface area contributed by atoms with Gasteiger partial charge in [0, 0.05) is 5.56 Å². The van der Waals surface area contributed by atoms with Crippen molar-refractivity contribution >= 4 is 11.6 Å². The van der Waals surface area contributed by atoms with Crippen LogP contribution < -0.4 is 5.32 Å². The highest BCUT2D eigenvalue weighted by molar-refractivity contribution is 6.03. The number of carbonyl (C=O) groups is 1. The largest absolute Gasteiger partial charge is 0.459 e. The number of furan rings is 1. The molecular weight excluding hydrogens is 211 g/mol. The van der Waals surface area contributed by atoms with Gasteiger partial charge in [0.25, 0.3) is 5.91 Å². The fraction of sp³-hybridized carbons (Fsp3) is 0.0909. The van der Waals surface area contributed by atoms with Gasteiger partial charge in [0.2, 0.25) is 5.95 Å². The van der Waals surface area contributed by atoms with Crippen molar-refractivity contribution in [3.05, 3.63) is 47.9 Å². The third-order valence-electron chi connectivity index (χ3n) is 2.05. The lowest BCUT2D eigenvalue weighted by Crippen LogP contribution is -2.12. The minimum absolute atomic E-state index is 0.240. The summed E-state index contributed by atoms with van der Waals surface area (Å²) in [6.45, 7) is 1.77. The van der Waals surface area contributed by atoms with E-state index >= 15 is 0 Å². The lowest BCUT2D eigenvalue weighted by atomic mass is 10.2. The fourth-order valence-corrected chi connectivity index (χ4v) is 1.24. The van der Waals surface area contributed by atoms with Crippen molar-refractivity contribution < 1.29 is 13.6 Å². The first-order valence-electron chi connectivity index (χ1n) is 4.64. The third-order valence-corrected chi connectivity index (χ3v) is 2.05. The number of aromatic nitrogens is 1. The van der Waals surface area contributed by atoms with E-state index in [-0.39, 0.29) is 11.7 Å². The molecule has 0 aliphatic rings. The lowest BCUT2D eigenvalue weighted by molar-refractivity contribution is 0.0996. The molecule has 5 heteroatoms. The molecule has 2 aromatic rings. The molecule has 0 fully saturated rings. The first-order chi connectivity index (χ1) is 7.66. The number of hydrogen-bond donors (Lipinski definition) is 1. The van der Waals surface area contributed by atoms with E-state index < -0.39 is 5.95 Å². The number of nitrogens with zero attached hydrogens (tertiary/aromatic N) is 1. The summed E-state index contributed by atoms with van der Waals surface area (Å²) in [6, 6.07) is 4.29. The van der Waals surface area contributed by atoms with Gasteiger partial charge in [0.1, 0.15) is 0 Å². The molecule has 1 N–H and O–H groups in total. The van der Waals surface area contributed by atoms with Crippen molar-refractivity contribution in [1.82, 2.24) is 4.98 Å². The molecule has 2 heterocycles. The predicted molar refractivity (Wildman–Crippen MR) is 55.6 cm³/mol. The summed E-state index contributed by atoms with van der Waals surface area (Å²) in [5.41, 5.74) is 1.16. The Morgan fingerprint density at radius 1 is 1.44 bits per heavy atom. The van der Waals surface area contributed by atoms with E-state index in [0.29, 0.717) is 5.69 Å². The minimum Gasteiger partial charge on any atom is -0.459 e. The molecule has 0 saturated carbocycles. The third kappa shape index (κ3) is 2.08. The number of rotatable bonds is 2. The van der Waals surface area contributed by atoms with E-state index in [1.54, 1.807) is 13.0 Å². The van der Waals surface area contributed by atoms with E-state index in [1.807, 2.05) is 0 Å².